The molecule has 2 unspecified atom stereocenters. The fraction of sp³-hybridized carbons (Fsp3) is 0.550. The van der Waals surface area contributed by atoms with Crippen LogP contribution in [0.2, 0.25) is 0 Å². The summed E-state index contributed by atoms with van der Waals surface area (Å²) in [5.74, 6) is 0.371. The number of carbonyl (C=O) groups excluding carboxylic acids is 3. The highest BCUT2D eigenvalue weighted by Gasteiger charge is 2.34. The number of ketones is 2. The number of fused-ring (bicyclic) bond motifs is 1. The lowest BCUT2D eigenvalue weighted by Crippen LogP contribution is -2.49. The molecule has 0 aromatic heterocycles. The van der Waals surface area contributed by atoms with Crippen molar-refractivity contribution < 1.29 is 19.1 Å². The molecule has 1 aromatic rings. The van der Waals surface area contributed by atoms with Gasteiger partial charge in [-0.1, -0.05) is 27.7 Å². The van der Waals surface area contributed by atoms with Gasteiger partial charge < -0.3 is 10.1 Å². The second-order valence-electron chi connectivity index (χ2n) is 7.67. The summed E-state index contributed by atoms with van der Waals surface area (Å²) in [4.78, 5) is 36.9. The first-order valence-electron chi connectivity index (χ1n) is 8.70. The van der Waals surface area contributed by atoms with Gasteiger partial charge in [-0.15, -0.1) is 0 Å². The van der Waals surface area contributed by atoms with Gasteiger partial charge >= 0.3 is 0 Å². The average Bonchev–Trinajstić information content (AvgIpc) is 2.86. The molecule has 0 saturated heterocycles. The molecule has 5 nitrogen and oxygen atoms in total. The molecule has 0 saturated carbocycles. The number of rotatable bonds is 6. The second-order valence-corrected chi connectivity index (χ2v) is 7.67. The molecule has 5 heteroatoms. The third-order valence-corrected chi connectivity index (χ3v) is 4.70. The molecule has 25 heavy (non-hydrogen) atoms. The van der Waals surface area contributed by atoms with Crippen LogP contribution in [0.1, 0.15) is 68.8 Å². The van der Waals surface area contributed by atoms with Gasteiger partial charge in [0.1, 0.15) is 5.75 Å². The SMILES string of the molecule is CCC(=O)C(NC(=O)CC1CC(=O)c2ccc(OC)cc21)C(C)(C)C. The minimum Gasteiger partial charge on any atom is -0.497 e. The topological polar surface area (TPSA) is 72.5 Å². The Hall–Kier alpha value is -2.17. The summed E-state index contributed by atoms with van der Waals surface area (Å²) in [6.07, 6.45) is 0.886. The Morgan fingerprint density at radius 2 is 2.00 bits per heavy atom. The van der Waals surface area contributed by atoms with Crippen molar-refractivity contribution in [2.75, 3.05) is 7.11 Å². The molecule has 1 aliphatic carbocycles. The van der Waals surface area contributed by atoms with E-state index < -0.39 is 6.04 Å². The van der Waals surface area contributed by atoms with Crippen LogP contribution in [-0.4, -0.2) is 30.6 Å². The van der Waals surface area contributed by atoms with E-state index in [1.165, 1.54) is 0 Å². The van der Waals surface area contributed by atoms with Crippen LogP contribution in [0.3, 0.4) is 0 Å². The molecule has 2 atom stereocenters. The minimum absolute atomic E-state index is 0.0189. The highest BCUT2D eigenvalue weighted by molar-refractivity contribution is 6.02. The second kappa shape index (κ2) is 7.38. The fourth-order valence-corrected chi connectivity index (χ4v) is 3.31. The van der Waals surface area contributed by atoms with E-state index in [4.69, 9.17) is 4.74 Å². The number of hydrogen-bond donors (Lipinski definition) is 1. The van der Waals surface area contributed by atoms with E-state index in [2.05, 4.69) is 5.32 Å². The van der Waals surface area contributed by atoms with Crippen LogP contribution in [0.4, 0.5) is 0 Å². The van der Waals surface area contributed by atoms with Gasteiger partial charge in [-0.05, 0) is 29.2 Å². The van der Waals surface area contributed by atoms with Crippen molar-refractivity contribution in [1.29, 1.82) is 0 Å². The van der Waals surface area contributed by atoms with Gasteiger partial charge in [-0.25, -0.2) is 0 Å². The lowest BCUT2D eigenvalue weighted by molar-refractivity contribution is -0.130. The van der Waals surface area contributed by atoms with Crippen molar-refractivity contribution in [2.45, 2.75) is 58.9 Å². The highest BCUT2D eigenvalue weighted by Crippen LogP contribution is 2.37. The molecule has 0 bridgehead atoms. The zero-order valence-corrected chi connectivity index (χ0v) is 15.6. The van der Waals surface area contributed by atoms with E-state index in [-0.39, 0.29) is 35.2 Å². The maximum Gasteiger partial charge on any atom is 0.221 e. The van der Waals surface area contributed by atoms with Crippen molar-refractivity contribution in [3.63, 3.8) is 0 Å². The molecule has 136 valence electrons. The molecular weight excluding hydrogens is 318 g/mol. The first kappa shape index (κ1) is 19.2. The maximum atomic E-state index is 12.5. The largest absolute Gasteiger partial charge is 0.497 e. The number of nitrogens with one attached hydrogen (secondary N) is 1. The lowest BCUT2D eigenvalue weighted by atomic mass is 9.83. The Balaban J connectivity index is 2.14. The van der Waals surface area contributed by atoms with Crippen LogP contribution in [0.15, 0.2) is 18.2 Å². The number of methoxy groups -OCH3 is 1. The summed E-state index contributed by atoms with van der Waals surface area (Å²) in [7, 11) is 1.57. The molecule has 1 amide bonds. The number of ether oxygens (including phenoxy) is 1. The van der Waals surface area contributed by atoms with Crippen LogP contribution in [0.5, 0.6) is 5.75 Å². The number of benzene rings is 1. The van der Waals surface area contributed by atoms with E-state index in [1.807, 2.05) is 26.8 Å². The summed E-state index contributed by atoms with van der Waals surface area (Å²) in [5, 5.41) is 2.88. The number of carbonyl (C=O) groups is 3. The molecule has 1 aliphatic rings. The lowest BCUT2D eigenvalue weighted by Gasteiger charge is -2.30. The van der Waals surface area contributed by atoms with Crippen LogP contribution < -0.4 is 10.1 Å². The Bertz CT molecular complexity index is 687. The number of hydrogen-bond acceptors (Lipinski definition) is 4. The number of Topliss-reactive ketones (excluding diaryl/α,β-unsaturated/α-hetero) is 2. The highest BCUT2D eigenvalue weighted by atomic mass is 16.5. The molecule has 0 fully saturated rings. The van der Waals surface area contributed by atoms with Crippen molar-refractivity contribution in [1.82, 2.24) is 5.32 Å². The van der Waals surface area contributed by atoms with Gasteiger partial charge in [0, 0.05) is 30.7 Å². The Morgan fingerprint density at radius 3 is 2.56 bits per heavy atom. The number of amides is 1. The molecule has 0 aliphatic heterocycles. The maximum absolute atomic E-state index is 12.5. The van der Waals surface area contributed by atoms with E-state index in [9.17, 15) is 14.4 Å². The van der Waals surface area contributed by atoms with Gasteiger partial charge in [0.15, 0.2) is 11.6 Å². The zero-order valence-electron chi connectivity index (χ0n) is 15.6. The van der Waals surface area contributed by atoms with Crippen LogP contribution in [0.25, 0.3) is 0 Å². The van der Waals surface area contributed by atoms with Crippen LogP contribution in [-0.2, 0) is 9.59 Å². The minimum atomic E-state index is -0.521. The van der Waals surface area contributed by atoms with Crippen molar-refractivity contribution >= 4 is 17.5 Å². The fourth-order valence-electron chi connectivity index (χ4n) is 3.31. The normalized spacial score (nSPS) is 17.8. The zero-order chi connectivity index (χ0) is 18.8. The monoisotopic (exact) mass is 345 g/mol. The summed E-state index contributed by atoms with van der Waals surface area (Å²) >= 11 is 0. The van der Waals surface area contributed by atoms with E-state index >= 15 is 0 Å². The average molecular weight is 345 g/mol. The molecule has 2 rings (SSSR count). The smallest absolute Gasteiger partial charge is 0.221 e. The summed E-state index contributed by atoms with van der Waals surface area (Å²) in [6, 6.07) is 4.82. The molecule has 1 aromatic carbocycles. The first-order chi connectivity index (χ1) is 11.7. The van der Waals surface area contributed by atoms with Gasteiger partial charge in [-0.2, -0.15) is 0 Å². The Kier molecular flexibility index (Phi) is 5.65. The predicted octanol–water partition coefficient (Wildman–Crippen LogP) is 3.27. The van der Waals surface area contributed by atoms with Crippen LogP contribution in [0, 0.1) is 5.41 Å². The molecule has 0 heterocycles. The van der Waals surface area contributed by atoms with E-state index in [1.54, 1.807) is 26.2 Å². The van der Waals surface area contributed by atoms with Gasteiger partial charge in [-0.3, -0.25) is 14.4 Å². The third-order valence-electron chi connectivity index (χ3n) is 4.70. The molecular formula is C20H27NO4. The molecule has 0 radical (unpaired) electrons. The summed E-state index contributed by atoms with van der Waals surface area (Å²) in [5.41, 5.74) is 1.17. The van der Waals surface area contributed by atoms with Crippen molar-refractivity contribution in [3.05, 3.63) is 29.3 Å². The standard InChI is InChI=1S/C20H27NO4/c1-6-16(22)19(20(2,3)4)21-18(24)10-12-9-17(23)14-8-7-13(25-5)11-15(12)14/h7-8,11-12,19H,6,9-10H2,1-5H3,(H,21,24). The van der Waals surface area contributed by atoms with Gasteiger partial charge in [0.2, 0.25) is 5.91 Å². The van der Waals surface area contributed by atoms with Crippen LogP contribution >= 0.6 is 0 Å². The Morgan fingerprint density at radius 1 is 1.32 bits per heavy atom. The van der Waals surface area contributed by atoms with Crippen molar-refractivity contribution in [2.24, 2.45) is 5.41 Å². The third kappa shape index (κ3) is 4.27. The van der Waals surface area contributed by atoms with Gasteiger partial charge in [0.05, 0.1) is 13.2 Å². The Labute approximate surface area is 149 Å². The first-order valence-corrected chi connectivity index (χ1v) is 8.70. The van der Waals surface area contributed by atoms with E-state index in [0.717, 1.165) is 5.56 Å². The van der Waals surface area contributed by atoms with Gasteiger partial charge in [0.25, 0.3) is 0 Å². The summed E-state index contributed by atoms with van der Waals surface area (Å²) < 4.78 is 5.23. The summed E-state index contributed by atoms with van der Waals surface area (Å²) in [6.45, 7) is 7.60. The predicted molar refractivity (Wildman–Crippen MR) is 96.0 cm³/mol. The molecule has 1 N–H and O–H groups in total. The quantitative estimate of drug-likeness (QED) is 0.859. The molecule has 0 spiro atoms. The van der Waals surface area contributed by atoms with Crippen molar-refractivity contribution in [3.8, 4) is 5.75 Å². The van der Waals surface area contributed by atoms with E-state index in [0.29, 0.717) is 24.2 Å².